The number of fused-ring (bicyclic) bond motifs is 1. The Labute approximate surface area is 126 Å². The second-order valence-corrected chi connectivity index (χ2v) is 5.40. The van der Waals surface area contributed by atoms with E-state index in [1.165, 1.54) is 0 Å². The van der Waals surface area contributed by atoms with Crippen molar-refractivity contribution in [2.45, 2.75) is 20.4 Å². The van der Waals surface area contributed by atoms with Crippen LogP contribution in [0.1, 0.15) is 21.7 Å². The summed E-state index contributed by atoms with van der Waals surface area (Å²) >= 11 is 1.15. The first kappa shape index (κ1) is 13.7. The van der Waals surface area contributed by atoms with E-state index in [0.29, 0.717) is 18.7 Å². The zero-order valence-corrected chi connectivity index (χ0v) is 12.6. The first-order valence-electron chi connectivity index (χ1n) is 6.65. The van der Waals surface area contributed by atoms with Crippen LogP contribution in [0, 0.1) is 13.8 Å². The summed E-state index contributed by atoms with van der Waals surface area (Å²) in [5.41, 5.74) is 4.26. The number of amides is 1. The number of rotatable bonds is 4. The highest BCUT2D eigenvalue weighted by Crippen LogP contribution is 2.13. The summed E-state index contributed by atoms with van der Waals surface area (Å²) < 4.78 is 10.2. The average Bonchev–Trinajstić information content (AvgIpc) is 3.04. The van der Waals surface area contributed by atoms with Gasteiger partial charge in [0.2, 0.25) is 0 Å². The number of hydrogen-bond acceptors (Lipinski definition) is 5. The number of carbonyl (C=O) groups excluding carboxylic acids is 1. The normalized spacial score (nSPS) is 11.0. The van der Waals surface area contributed by atoms with Gasteiger partial charge in [-0.15, -0.1) is 0 Å². The smallest absolute Gasteiger partial charge is 0.251 e. The van der Waals surface area contributed by atoms with Crippen LogP contribution in [-0.4, -0.2) is 31.0 Å². The quantitative estimate of drug-likeness (QED) is 0.799. The average molecular weight is 301 g/mol. The summed E-state index contributed by atoms with van der Waals surface area (Å²) in [6.07, 6.45) is 0. The summed E-state index contributed by atoms with van der Waals surface area (Å²) in [5.74, 6) is -0.105. The van der Waals surface area contributed by atoms with Crippen molar-refractivity contribution < 1.29 is 4.79 Å². The molecule has 2 heterocycles. The van der Waals surface area contributed by atoms with Crippen LogP contribution in [0.4, 0.5) is 0 Å². The van der Waals surface area contributed by atoms with Crippen LogP contribution in [0.15, 0.2) is 24.3 Å². The number of aromatic nitrogens is 4. The maximum atomic E-state index is 12.1. The molecule has 6 nitrogen and oxygen atoms in total. The SMILES string of the molecule is Cc1cc(C)n(CCNC(=O)c2ccc3nsnc3c2)n1. The van der Waals surface area contributed by atoms with Crippen LogP contribution in [0.25, 0.3) is 11.0 Å². The van der Waals surface area contributed by atoms with Crippen molar-refractivity contribution in [2.24, 2.45) is 0 Å². The van der Waals surface area contributed by atoms with Crippen molar-refractivity contribution in [1.29, 1.82) is 0 Å². The first-order valence-corrected chi connectivity index (χ1v) is 7.38. The molecule has 0 atom stereocenters. The van der Waals surface area contributed by atoms with E-state index in [1.54, 1.807) is 12.1 Å². The molecule has 0 spiro atoms. The minimum absolute atomic E-state index is 0.105. The van der Waals surface area contributed by atoms with Crippen molar-refractivity contribution in [1.82, 2.24) is 23.8 Å². The van der Waals surface area contributed by atoms with E-state index in [1.807, 2.05) is 30.7 Å². The molecule has 0 aliphatic carbocycles. The molecule has 0 bridgehead atoms. The molecule has 0 aliphatic rings. The van der Waals surface area contributed by atoms with Crippen LogP contribution >= 0.6 is 11.7 Å². The molecule has 0 radical (unpaired) electrons. The molecular formula is C14H15N5OS. The predicted molar refractivity (Wildman–Crippen MR) is 81.4 cm³/mol. The highest BCUT2D eigenvalue weighted by Gasteiger charge is 2.08. The van der Waals surface area contributed by atoms with Gasteiger partial charge in [0.25, 0.3) is 5.91 Å². The maximum Gasteiger partial charge on any atom is 0.251 e. The third-order valence-corrected chi connectivity index (χ3v) is 3.79. The third-order valence-electron chi connectivity index (χ3n) is 3.23. The number of nitrogens with one attached hydrogen (secondary N) is 1. The van der Waals surface area contributed by atoms with Crippen LogP contribution in [0.5, 0.6) is 0 Å². The molecule has 3 rings (SSSR count). The maximum absolute atomic E-state index is 12.1. The minimum atomic E-state index is -0.105. The Morgan fingerprint density at radius 1 is 1.24 bits per heavy atom. The molecule has 1 amide bonds. The number of nitrogens with zero attached hydrogens (tertiary/aromatic N) is 4. The van der Waals surface area contributed by atoms with Gasteiger partial charge in [-0.3, -0.25) is 9.48 Å². The van der Waals surface area contributed by atoms with Crippen molar-refractivity contribution in [3.63, 3.8) is 0 Å². The van der Waals surface area contributed by atoms with Gasteiger partial charge in [0.1, 0.15) is 11.0 Å². The standard InChI is InChI=1S/C14H15N5OS/c1-9-7-10(2)19(16-9)6-5-15-14(20)11-3-4-12-13(8-11)18-21-17-12/h3-4,7-8H,5-6H2,1-2H3,(H,15,20). The van der Waals surface area contributed by atoms with Gasteiger partial charge in [-0.2, -0.15) is 13.8 Å². The summed E-state index contributed by atoms with van der Waals surface area (Å²) in [6, 6.07) is 7.36. The van der Waals surface area contributed by atoms with Crippen LogP contribution in [0.3, 0.4) is 0 Å². The van der Waals surface area contributed by atoms with Gasteiger partial charge in [-0.05, 0) is 38.1 Å². The fourth-order valence-corrected chi connectivity index (χ4v) is 2.72. The number of aryl methyl sites for hydroxylation is 2. The zero-order valence-electron chi connectivity index (χ0n) is 11.8. The molecule has 0 aliphatic heterocycles. The summed E-state index contributed by atoms with van der Waals surface area (Å²) in [5, 5.41) is 7.26. The van der Waals surface area contributed by atoms with Gasteiger partial charge in [0.15, 0.2) is 0 Å². The van der Waals surface area contributed by atoms with E-state index in [2.05, 4.69) is 19.2 Å². The van der Waals surface area contributed by atoms with E-state index < -0.39 is 0 Å². The molecular weight excluding hydrogens is 286 g/mol. The monoisotopic (exact) mass is 301 g/mol. The molecule has 3 aromatic rings. The van der Waals surface area contributed by atoms with E-state index in [0.717, 1.165) is 34.1 Å². The van der Waals surface area contributed by atoms with Crippen molar-refractivity contribution in [3.05, 3.63) is 41.2 Å². The molecule has 1 N–H and O–H groups in total. The van der Waals surface area contributed by atoms with Gasteiger partial charge < -0.3 is 5.32 Å². The third kappa shape index (κ3) is 2.92. The zero-order chi connectivity index (χ0) is 14.8. The highest BCUT2D eigenvalue weighted by atomic mass is 32.1. The molecule has 21 heavy (non-hydrogen) atoms. The molecule has 2 aromatic heterocycles. The Balaban J connectivity index is 1.62. The van der Waals surface area contributed by atoms with Gasteiger partial charge in [-0.1, -0.05) is 0 Å². The molecule has 7 heteroatoms. The largest absolute Gasteiger partial charge is 0.350 e. The summed E-state index contributed by atoms with van der Waals surface area (Å²) in [6.45, 7) is 5.16. The molecule has 0 saturated heterocycles. The lowest BCUT2D eigenvalue weighted by atomic mass is 10.2. The predicted octanol–water partition coefficient (Wildman–Crippen LogP) is 1.93. The van der Waals surface area contributed by atoms with Gasteiger partial charge in [0, 0.05) is 17.8 Å². The van der Waals surface area contributed by atoms with Gasteiger partial charge in [-0.25, -0.2) is 0 Å². The lowest BCUT2D eigenvalue weighted by Crippen LogP contribution is -2.27. The Morgan fingerprint density at radius 2 is 2.05 bits per heavy atom. The van der Waals surface area contributed by atoms with Crippen LogP contribution in [-0.2, 0) is 6.54 Å². The Bertz CT molecular complexity index is 792. The van der Waals surface area contributed by atoms with Crippen molar-refractivity contribution >= 4 is 28.7 Å². The molecule has 108 valence electrons. The minimum Gasteiger partial charge on any atom is -0.350 e. The summed E-state index contributed by atoms with van der Waals surface area (Å²) in [4.78, 5) is 12.1. The Morgan fingerprint density at radius 3 is 2.81 bits per heavy atom. The van der Waals surface area contributed by atoms with Crippen LogP contribution in [0.2, 0.25) is 0 Å². The fourth-order valence-electron chi connectivity index (χ4n) is 2.20. The first-order chi connectivity index (χ1) is 10.1. The molecule has 0 unspecified atom stereocenters. The van der Waals surface area contributed by atoms with Gasteiger partial charge in [0.05, 0.1) is 24.0 Å². The van der Waals surface area contributed by atoms with Crippen LogP contribution < -0.4 is 5.32 Å². The second-order valence-electron chi connectivity index (χ2n) is 4.87. The number of hydrogen-bond donors (Lipinski definition) is 1. The second kappa shape index (κ2) is 5.61. The van der Waals surface area contributed by atoms with E-state index >= 15 is 0 Å². The lowest BCUT2D eigenvalue weighted by Gasteiger charge is -2.07. The van der Waals surface area contributed by atoms with Gasteiger partial charge >= 0.3 is 0 Å². The fraction of sp³-hybridized carbons (Fsp3) is 0.286. The molecule has 1 aromatic carbocycles. The van der Waals surface area contributed by atoms with Crippen molar-refractivity contribution in [2.75, 3.05) is 6.54 Å². The van der Waals surface area contributed by atoms with E-state index in [4.69, 9.17) is 0 Å². The Hall–Kier alpha value is -2.28. The number of benzene rings is 1. The molecule has 0 saturated carbocycles. The summed E-state index contributed by atoms with van der Waals surface area (Å²) in [7, 11) is 0. The molecule has 0 fully saturated rings. The van der Waals surface area contributed by atoms with E-state index in [-0.39, 0.29) is 5.91 Å². The highest BCUT2D eigenvalue weighted by molar-refractivity contribution is 7.00. The van der Waals surface area contributed by atoms with E-state index in [9.17, 15) is 4.79 Å². The van der Waals surface area contributed by atoms with Crippen molar-refractivity contribution in [3.8, 4) is 0 Å². The topological polar surface area (TPSA) is 72.7 Å². The lowest BCUT2D eigenvalue weighted by molar-refractivity contribution is 0.0952. The number of carbonyl (C=O) groups is 1. The Kier molecular flexibility index (Phi) is 3.66.